The standard InChI is InChI=1S/C12H18BrN3O3/c1-2-14-11-10(7-9(13)8-15-11)12(19)16(3-5-17)4-6-18/h7-8,17-18H,2-6H2,1H3,(H,14,15). The molecule has 1 amide bonds. The molecule has 0 atom stereocenters. The molecule has 0 radical (unpaired) electrons. The molecule has 1 aromatic heterocycles. The molecule has 1 aromatic rings. The van der Waals surface area contributed by atoms with E-state index >= 15 is 0 Å². The maximum Gasteiger partial charge on any atom is 0.257 e. The highest BCUT2D eigenvalue weighted by atomic mass is 79.9. The van der Waals surface area contributed by atoms with Crippen molar-refractivity contribution in [2.45, 2.75) is 6.92 Å². The van der Waals surface area contributed by atoms with E-state index in [1.807, 2.05) is 6.92 Å². The number of aliphatic hydroxyl groups excluding tert-OH is 2. The number of hydrogen-bond acceptors (Lipinski definition) is 5. The van der Waals surface area contributed by atoms with Crippen molar-refractivity contribution in [2.75, 3.05) is 38.2 Å². The summed E-state index contributed by atoms with van der Waals surface area (Å²) < 4.78 is 0.699. The van der Waals surface area contributed by atoms with Crippen LogP contribution in [0, 0.1) is 0 Å². The quantitative estimate of drug-likeness (QED) is 0.684. The van der Waals surface area contributed by atoms with Crippen molar-refractivity contribution in [1.29, 1.82) is 0 Å². The smallest absolute Gasteiger partial charge is 0.257 e. The molecule has 0 aromatic carbocycles. The molecule has 0 bridgehead atoms. The van der Waals surface area contributed by atoms with E-state index < -0.39 is 0 Å². The zero-order valence-electron chi connectivity index (χ0n) is 10.8. The number of carbonyl (C=O) groups excluding carboxylic acids is 1. The highest BCUT2D eigenvalue weighted by Gasteiger charge is 2.19. The van der Waals surface area contributed by atoms with Crippen molar-refractivity contribution in [1.82, 2.24) is 9.88 Å². The summed E-state index contributed by atoms with van der Waals surface area (Å²) >= 11 is 3.28. The molecule has 6 nitrogen and oxygen atoms in total. The number of halogens is 1. The highest BCUT2D eigenvalue weighted by molar-refractivity contribution is 9.10. The molecule has 7 heteroatoms. The van der Waals surface area contributed by atoms with Gasteiger partial charge in [-0.05, 0) is 28.9 Å². The number of carbonyl (C=O) groups is 1. The molecule has 0 aliphatic rings. The fourth-order valence-corrected chi connectivity index (χ4v) is 1.97. The molecule has 0 unspecified atom stereocenters. The van der Waals surface area contributed by atoms with Crippen molar-refractivity contribution in [3.05, 3.63) is 22.3 Å². The molecule has 0 aliphatic carbocycles. The fraction of sp³-hybridized carbons (Fsp3) is 0.500. The average Bonchev–Trinajstić information content (AvgIpc) is 2.40. The average molecular weight is 332 g/mol. The third kappa shape index (κ3) is 4.45. The molecule has 1 rings (SSSR count). The van der Waals surface area contributed by atoms with Gasteiger partial charge in [0.25, 0.3) is 5.91 Å². The largest absolute Gasteiger partial charge is 0.395 e. The number of hydrogen-bond donors (Lipinski definition) is 3. The summed E-state index contributed by atoms with van der Waals surface area (Å²) in [5.41, 5.74) is 0.415. The summed E-state index contributed by atoms with van der Waals surface area (Å²) in [4.78, 5) is 17.9. The summed E-state index contributed by atoms with van der Waals surface area (Å²) in [6.45, 7) is 2.62. The van der Waals surface area contributed by atoms with Crippen molar-refractivity contribution in [3.8, 4) is 0 Å². The summed E-state index contributed by atoms with van der Waals surface area (Å²) in [5.74, 6) is 0.226. The summed E-state index contributed by atoms with van der Waals surface area (Å²) in [6.07, 6.45) is 1.61. The maximum absolute atomic E-state index is 12.4. The summed E-state index contributed by atoms with van der Waals surface area (Å²) in [5, 5.41) is 21.0. The van der Waals surface area contributed by atoms with Gasteiger partial charge in [-0.3, -0.25) is 4.79 Å². The minimum Gasteiger partial charge on any atom is -0.395 e. The molecule has 19 heavy (non-hydrogen) atoms. The van der Waals surface area contributed by atoms with Crippen LogP contribution in [0.25, 0.3) is 0 Å². The Labute approximate surface area is 120 Å². The second kappa shape index (κ2) is 8.08. The van der Waals surface area contributed by atoms with Crippen LogP contribution in [0.15, 0.2) is 16.7 Å². The third-order valence-electron chi connectivity index (χ3n) is 2.46. The molecule has 0 spiro atoms. The van der Waals surface area contributed by atoms with Gasteiger partial charge in [0.1, 0.15) is 5.82 Å². The van der Waals surface area contributed by atoms with Gasteiger partial charge in [0.05, 0.1) is 18.8 Å². The van der Waals surface area contributed by atoms with Crippen LogP contribution in [0.2, 0.25) is 0 Å². The van der Waals surface area contributed by atoms with E-state index in [-0.39, 0.29) is 32.2 Å². The Bertz CT molecular complexity index is 423. The molecule has 106 valence electrons. The zero-order valence-corrected chi connectivity index (χ0v) is 12.4. The molecular weight excluding hydrogens is 314 g/mol. The number of rotatable bonds is 7. The van der Waals surface area contributed by atoms with E-state index in [9.17, 15) is 4.79 Å². The summed E-state index contributed by atoms with van der Waals surface area (Å²) in [6, 6.07) is 1.68. The third-order valence-corrected chi connectivity index (χ3v) is 2.89. The predicted octanol–water partition coefficient (Wildman–Crippen LogP) is 0.703. The van der Waals surface area contributed by atoms with E-state index in [4.69, 9.17) is 10.2 Å². The molecule has 0 saturated heterocycles. The van der Waals surface area contributed by atoms with Crippen LogP contribution in [0.3, 0.4) is 0 Å². The first-order valence-electron chi connectivity index (χ1n) is 6.04. The highest BCUT2D eigenvalue weighted by Crippen LogP contribution is 2.19. The molecular formula is C12H18BrN3O3. The van der Waals surface area contributed by atoms with Crippen LogP contribution in [0.5, 0.6) is 0 Å². The van der Waals surface area contributed by atoms with Crippen LogP contribution in [-0.4, -0.2) is 58.9 Å². The molecule has 3 N–H and O–H groups in total. The number of anilines is 1. The van der Waals surface area contributed by atoms with Crippen LogP contribution >= 0.6 is 15.9 Å². The number of nitrogens with one attached hydrogen (secondary N) is 1. The lowest BCUT2D eigenvalue weighted by Gasteiger charge is -2.22. The minimum absolute atomic E-state index is 0.149. The lowest BCUT2D eigenvalue weighted by molar-refractivity contribution is 0.0685. The first-order valence-corrected chi connectivity index (χ1v) is 6.83. The first-order chi connectivity index (χ1) is 9.13. The Morgan fingerprint density at radius 3 is 2.58 bits per heavy atom. The maximum atomic E-state index is 12.4. The van der Waals surface area contributed by atoms with Gasteiger partial charge < -0.3 is 20.4 Å². The molecule has 0 saturated carbocycles. The van der Waals surface area contributed by atoms with Gasteiger partial charge in [0, 0.05) is 30.3 Å². The zero-order chi connectivity index (χ0) is 14.3. The Morgan fingerprint density at radius 1 is 1.42 bits per heavy atom. The van der Waals surface area contributed by atoms with Crippen molar-refractivity contribution in [2.24, 2.45) is 0 Å². The van der Waals surface area contributed by atoms with Gasteiger partial charge in [-0.1, -0.05) is 0 Å². The molecule has 0 fully saturated rings. The van der Waals surface area contributed by atoms with E-state index in [1.165, 1.54) is 4.90 Å². The Balaban J connectivity index is 3.03. The Kier molecular flexibility index (Phi) is 6.75. The minimum atomic E-state index is -0.271. The topological polar surface area (TPSA) is 85.7 Å². The predicted molar refractivity (Wildman–Crippen MR) is 76.2 cm³/mol. The monoisotopic (exact) mass is 331 g/mol. The Hall–Kier alpha value is -1.18. The lowest BCUT2D eigenvalue weighted by atomic mass is 10.2. The summed E-state index contributed by atoms with van der Waals surface area (Å²) in [7, 11) is 0. The number of nitrogens with zero attached hydrogens (tertiary/aromatic N) is 2. The molecule has 1 heterocycles. The van der Waals surface area contributed by atoms with Gasteiger partial charge in [-0.15, -0.1) is 0 Å². The van der Waals surface area contributed by atoms with Crippen LogP contribution in [0.4, 0.5) is 5.82 Å². The second-order valence-corrected chi connectivity index (χ2v) is 4.74. The Morgan fingerprint density at radius 2 is 2.05 bits per heavy atom. The number of aromatic nitrogens is 1. The van der Waals surface area contributed by atoms with Gasteiger partial charge >= 0.3 is 0 Å². The van der Waals surface area contributed by atoms with Crippen molar-refractivity contribution < 1.29 is 15.0 Å². The van der Waals surface area contributed by atoms with Crippen LogP contribution in [0.1, 0.15) is 17.3 Å². The van der Waals surface area contributed by atoms with Crippen molar-refractivity contribution in [3.63, 3.8) is 0 Å². The molecule has 0 aliphatic heterocycles. The SMILES string of the molecule is CCNc1ncc(Br)cc1C(=O)N(CCO)CCO. The van der Waals surface area contributed by atoms with Gasteiger partial charge in [0.15, 0.2) is 0 Å². The van der Waals surface area contributed by atoms with Gasteiger partial charge in [-0.25, -0.2) is 4.98 Å². The van der Waals surface area contributed by atoms with Crippen molar-refractivity contribution >= 4 is 27.7 Å². The number of aliphatic hydroxyl groups is 2. The fourth-order valence-electron chi connectivity index (χ4n) is 1.64. The van der Waals surface area contributed by atoms with Gasteiger partial charge in [0.2, 0.25) is 0 Å². The lowest BCUT2D eigenvalue weighted by Crippen LogP contribution is -2.36. The first kappa shape index (κ1) is 15.9. The van der Waals surface area contributed by atoms with E-state index in [0.29, 0.717) is 22.4 Å². The van der Waals surface area contributed by atoms with E-state index in [1.54, 1.807) is 12.3 Å². The van der Waals surface area contributed by atoms with Gasteiger partial charge in [-0.2, -0.15) is 0 Å². The second-order valence-electron chi connectivity index (χ2n) is 3.82. The van der Waals surface area contributed by atoms with E-state index in [0.717, 1.165) is 0 Å². The normalized spacial score (nSPS) is 10.3. The van der Waals surface area contributed by atoms with Crippen LogP contribution in [-0.2, 0) is 0 Å². The number of pyridine rings is 1. The van der Waals surface area contributed by atoms with Crippen LogP contribution < -0.4 is 5.32 Å². The van der Waals surface area contributed by atoms with E-state index in [2.05, 4.69) is 26.2 Å². The number of amides is 1.